The first-order chi connectivity index (χ1) is 23.4. The van der Waals surface area contributed by atoms with Gasteiger partial charge in [0.1, 0.15) is 17.7 Å². The van der Waals surface area contributed by atoms with Gasteiger partial charge in [-0.15, -0.1) is 10.2 Å². The minimum absolute atomic E-state index is 0.175. The summed E-state index contributed by atoms with van der Waals surface area (Å²) in [5.74, 6) is 2.70. The second-order valence-electron chi connectivity index (χ2n) is 14.5. The molecule has 2 amide bonds. The number of hydrogen-bond donors (Lipinski definition) is 4. The van der Waals surface area contributed by atoms with Gasteiger partial charge in [-0.25, -0.2) is 4.79 Å². The molecule has 49 heavy (non-hydrogen) atoms. The molecule has 1 aromatic carbocycles. The number of urea groups is 1. The van der Waals surface area contributed by atoms with Gasteiger partial charge in [-0.3, -0.25) is 14.4 Å². The van der Waals surface area contributed by atoms with Gasteiger partial charge in [0.15, 0.2) is 5.65 Å². The topological polar surface area (TPSA) is 141 Å². The summed E-state index contributed by atoms with van der Waals surface area (Å²) in [6, 6.07) is 11.5. The quantitative estimate of drug-likeness (QED) is 0.162. The predicted molar refractivity (Wildman–Crippen MR) is 192 cm³/mol. The number of carbonyl (C=O) groups excluding carboxylic acids is 1. The molecule has 1 fully saturated rings. The molecule has 2 aliphatic rings. The number of fused-ring (bicyclic) bond motifs is 2. The van der Waals surface area contributed by atoms with E-state index in [1.54, 1.807) is 17.0 Å². The van der Waals surface area contributed by atoms with Gasteiger partial charge in [-0.05, 0) is 69.0 Å². The number of ether oxygens (including phenoxy) is 1. The van der Waals surface area contributed by atoms with E-state index in [4.69, 9.17) is 10.1 Å². The molecule has 13 nitrogen and oxygen atoms in total. The van der Waals surface area contributed by atoms with E-state index in [-0.39, 0.29) is 23.6 Å². The summed E-state index contributed by atoms with van der Waals surface area (Å²) in [6.45, 7) is 8.91. The first kappa shape index (κ1) is 34.0. The fourth-order valence-electron chi connectivity index (χ4n) is 6.59. The molecule has 1 aliphatic carbocycles. The normalized spacial score (nSPS) is 18.8. The van der Waals surface area contributed by atoms with E-state index in [1.807, 2.05) is 68.9 Å². The van der Waals surface area contributed by atoms with Crippen LogP contribution in [0.5, 0.6) is 5.75 Å². The molecule has 3 aromatic heterocycles. The molecule has 4 N–H and O–H groups in total. The monoisotopic (exact) mass is 667 g/mol. The lowest BCUT2D eigenvalue weighted by atomic mass is 9.85. The summed E-state index contributed by atoms with van der Waals surface area (Å²) in [6.07, 6.45) is 10.6. The smallest absolute Gasteiger partial charge is 0.320 e. The van der Waals surface area contributed by atoms with Gasteiger partial charge >= 0.3 is 6.03 Å². The van der Waals surface area contributed by atoms with E-state index < -0.39 is 0 Å². The number of carbonyl (C=O) groups is 1. The molecule has 13 heteroatoms. The Labute approximate surface area is 288 Å². The Morgan fingerprint density at radius 3 is 2.49 bits per heavy atom. The first-order valence-corrected chi connectivity index (χ1v) is 17.1. The largest absolute Gasteiger partial charge is 0.484 e. The number of pyridine rings is 1. The number of amides is 2. The van der Waals surface area contributed by atoms with Gasteiger partial charge < -0.3 is 30.6 Å². The molecular weight excluding hydrogens is 618 g/mol. The highest BCUT2D eigenvalue weighted by Crippen LogP contribution is 2.39. The van der Waals surface area contributed by atoms with Crippen molar-refractivity contribution in [3.63, 3.8) is 0 Å². The van der Waals surface area contributed by atoms with E-state index in [0.29, 0.717) is 29.6 Å². The second-order valence-corrected chi connectivity index (χ2v) is 14.5. The van der Waals surface area contributed by atoms with E-state index >= 15 is 0 Å². The number of piperidine rings is 1. The van der Waals surface area contributed by atoms with Crippen molar-refractivity contribution in [3.8, 4) is 5.75 Å². The van der Waals surface area contributed by atoms with Crippen LogP contribution in [0.25, 0.3) is 5.65 Å². The standard InChI is InChI=1S/C36H49N11O2/c1-36(2,3)31(37)19-32(39-25-20-38-45(6)22-25)41-34(48)40-29-12-13-30(28-10-8-7-9-27(28)29)49-26-11-14-33-42-43-35(47(33)23-26)46-17-15-24(16-18-46)21-44(4)5/h7-11,14,19-20,22-24,29-30,37,39H,12-13,15-18,21H2,1-6H3,(H2,40,41,48)/b32-19+,37-31?/t29-,30+/m0/s1. The predicted octanol–water partition coefficient (Wildman–Crippen LogP) is 5.51. The van der Waals surface area contributed by atoms with Crippen LogP contribution in [0.1, 0.15) is 69.7 Å². The first-order valence-electron chi connectivity index (χ1n) is 17.1. The Hall–Kier alpha value is -4.91. The Balaban J connectivity index is 1.14. The van der Waals surface area contributed by atoms with Crippen LogP contribution < -0.4 is 25.6 Å². The van der Waals surface area contributed by atoms with Crippen LogP contribution in [0.2, 0.25) is 0 Å². The third-order valence-electron chi connectivity index (χ3n) is 9.23. The zero-order valence-corrected chi connectivity index (χ0v) is 29.4. The van der Waals surface area contributed by atoms with E-state index in [1.165, 1.54) is 0 Å². The molecule has 260 valence electrons. The van der Waals surface area contributed by atoms with Crippen molar-refractivity contribution in [2.75, 3.05) is 43.9 Å². The van der Waals surface area contributed by atoms with Gasteiger partial charge in [-0.1, -0.05) is 45.0 Å². The van der Waals surface area contributed by atoms with Crippen molar-refractivity contribution in [2.45, 2.75) is 58.6 Å². The maximum Gasteiger partial charge on any atom is 0.320 e. The molecule has 1 saturated heterocycles. The van der Waals surface area contributed by atoms with Crippen LogP contribution in [0.4, 0.5) is 16.4 Å². The van der Waals surface area contributed by atoms with Crippen molar-refractivity contribution in [1.82, 2.24) is 39.9 Å². The van der Waals surface area contributed by atoms with Crippen LogP contribution in [-0.4, -0.2) is 74.8 Å². The maximum atomic E-state index is 13.4. The number of anilines is 2. The molecular formula is C36H49N11O2. The van der Waals surface area contributed by atoms with Crippen molar-refractivity contribution >= 4 is 29.0 Å². The maximum absolute atomic E-state index is 13.4. The van der Waals surface area contributed by atoms with Crippen LogP contribution in [-0.2, 0) is 7.05 Å². The number of hydrogen-bond acceptors (Lipinski definition) is 9. The average Bonchev–Trinajstić information content (AvgIpc) is 3.67. The summed E-state index contributed by atoms with van der Waals surface area (Å²) in [7, 11) is 6.10. The number of aryl methyl sites for hydroxylation is 1. The summed E-state index contributed by atoms with van der Waals surface area (Å²) in [4.78, 5) is 18.0. The van der Waals surface area contributed by atoms with Crippen molar-refractivity contribution < 1.29 is 9.53 Å². The number of nitrogens with one attached hydrogen (secondary N) is 4. The molecule has 0 radical (unpaired) electrons. The Bertz CT molecular complexity index is 1810. The second kappa shape index (κ2) is 14.3. The highest BCUT2D eigenvalue weighted by Gasteiger charge is 2.30. The summed E-state index contributed by atoms with van der Waals surface area (Å²) in [5, 5.41) is 31.0. The van der Waals surface area contributed by atoms with Gasteiger partial charge in [-0.2, -0.15) is 5.10 Å². The highest BCUT2D eigenvalue weighted by molar-refractivity contribution is 5.97. The zero-order chi connectivity index (χ0) is 34.7. The lowest BCUT2D eigenvalue weighted by Gasteiger charge is -2.33. The number of aromatic nitrogens is 5. The van der Waals surface area contributed by atoms with Gasteiger partial charge in [0.2, 0.25) is 5.95 Å². The fourth-order valence-corrected chi connectivity index (χ4v) is 6.59. The Morgan fingerprint density at radius 1 is 1.04 bits per heavy atom. The third-order valence-corrected chi connectivity index (χ3v) is 9.23. The number of nitrogens with zero attached hydrogens (tertiary/aromatic N) is 7. The van der Waals surface area contributed by atoms with Crippen LogP contribution in [0, 0.1) is 16.7 Å². The SMILES string of the molecule is CN(C)CC1CCN(c2nnc3ccc(O[C@@H]4CC[C@H](NC(=O)N/C(=C/C(=N)C(C)(C)C)Nc5cnn(C)c5)c5ccccc54)cn23)CC1. The van der Waals surface area contributed by atoms with Gasteiger partial charge in [0.05, 0.1) is 24.1 Å². The van der Waals surface area contributed by atoms with Crippen LogP contribution in [0.15, 0.2) is 66.9 Å². The van der Waals surface area contributed by atoms with Gasteiger partial charge in [0.25, 0.3) is 0 Å². The van der Waals surface area contributed by atoms with Gasteiger partial charge in [0, 0.05) is 50.1 Å². The summed E-state index contributed by atoms with van der Waals surface area (Å²) < 4.78 is 10.4. The number of allylic oxidation sites excluding steroid dienone is 1. The molecule has 0 bridgehead atoms. The van der Waals surface area contributed by atoms with Crippen molar-refractivity contribution in [1.29, 1.82) is 5.41 Å². The third kappa shape index (κ3) is 8.22. The number of benzene rings is 1. The molecule has 0 spiro atoms. The Kier molecular flexibility index (Phi) is 9.91. The van der Waals surface area contributed by atoms with Crippen LogP contribution in [0.3, 0.4) is 0 Å². The Morgan fingerprint density at radius 2 is 1.80 bits per heavy atom. The van der Waals surface area contributed by atoms with Crippen LogP contribution >= 0.6 is 0 Å². The van der Waals surface area contributed by atoms with E-state index in [0.717, 1.165) is 67.4 Å². The molecule has 4 aromatic rings. The van der Waals surface area contributed by atoms with E-state index in [9.17, 15) is 4.79 Å². The minimum Gasteiger partial charge on any atom is -0.484 e. The number of rotatable bonds is 10. The average molecular weight is 668 g/mol. The fraction of sp³-hybridized carbons (Fsp3) is 0.472. The van der Waals surface area contributed by atoms with E-state index in [2.05, 4.69) is 67.3 Å². The van der Waals surface area contributed by atoms with Crippen molar-refractivity contribution in [3.05, 3.63) is 78.0 Å². The molecule has 2 atom stereocenters. The summed E-state index contributed by atoms with van der Waals surface area (Å²) in [5.41, 5.74) is 3.56. The zero-order valence-electron chi connectivity index (χ0n) is 29.4. The molecule has 1 aliphatic heterocycles. The highest BCUT2D eigenvalue weighted by atomic mass is 16.5. The molecule has 0 unspecified atom stereocenters. The van der Waals surface area contributed by atoms with Crippen molar-refractivity contribution in [2.24, 2.45) is 18.4 Å². The molecule has 6 rings (SSSR count). The lowest BCUT2D eigenvalue weighted by molar-refractivity contribution is 0.171. The summed E-state index contributed by atoms with van der Waals surface area (Å²) >= 11 is 0. The minimum atomic E-state index is -0.388. The molecule has 4 heterocycles. The lowest BCUT2D eigenvalue weighted by Crippen LogP contribution is -2.41. The molecule has 0 saturated carbocycles.